The predicted molar refractivity (Wildman–Crippen MR) is 115 cm³/mol. The van der Waals surface area contributed by atoms with Crippen LogP contribution in [0.15, 0.2) is 97.1 Å². The van der Waals surface area contributed by atoms with E-state index in [1.165, 1.54) is 33.1 Å². The van der Waals surface area contributed by atoms with Crippen molar-refractivity contribution < 1.29 is 20.8 Å². The van der Waals surface area contributed by atoms with Crippen molar-refractivity contribution in [3.05, 3.63) is 103 Å². The van der Waals surface area contributed by atoms with Crippen LogP contribution in [0.4, 0.5) is 0 Å². The van der Waals surface area contributed by atoms with Gasteiger partial charge in [0.15, 0.2) is 0 Å². The third kappa shape index (κ3) is 5.02. The molecular formula is C23H19Cl2NZr. The summed E-state index contributed by atoms with van der Waals surface area (Å²) >= 11 is -0.826. The van der Waals surface area contributed by atoms with Crippen LogP contribution in [0.5, 0.6) is 0 Å². The molecule has 5 rings (SSSR count). The van der Waals surface area contributed by atoms with Crippen LogP contribution in [-0.4, -0.2) is 4.57 Å². The Morgan fingerprint density at radius 2 is 1.44 bits per heavy atom. The number of rotatable bonds is 1. The van der Waals surface area contributed by atoms with Gasteiger partial charge >= 0.3 is 37.9 Å². The summed E-state index contributed by atoms with van der Waals surface area (Å²) in [6.07, 6.45) is 0. The summed E-state index contributed by atoms with van der Waals surface area (Å²) < 4.78 is 2.33. The summed E-state index contributed by atoms with van der Waals surface area (Å²) in [4.78, 5) is 0. The molecule has 1 aromatic heterocycles. The predicted octanol–water partition coefficient (Wildman–Crippen LogP) is 7.59. The quantitative estimate of drug-likeness (QED) is 0.222. The minimum absolute atomic E-state index is 0.826. The molecule has 0 spiro atoms. The van der Waals surface area contributed by atoms with Crippen LogP contribution >= 0.6 is 17.0 Å². The smallest absolute Gasteiger partial charge is 0.172 e. The topological polar surface area (TPSA) is 4.93 Å². The van der Waals surface area contributed by atoms with Gasteiger partial charge in [0.2, 0.25) is 0 Å². The van der Waals surface area contributed by atoms with E-state index in [-0.39, 0.29) is 0 Å². The van der Waals surface area contributed by atoms with Gasteiger partial charge in [-0.3, -0.25) is 0 Å². The second kappa shape index (κ2) is 10.1. The van der Waals surface area contributed by atoms with Gasteiger partial charge in [-0.2, -0.15) is 18.2 Å². The molecule has 1 heterocycles. The van der Waals surface area contributed by atoms with Crippen molar-refractivity contribution in [2.75, 3.05) is 0 Å². The van der Waals surface area contributed by atoms with Crippen molar-refractivity contribution in [1.82, 2.24) is 4.57 Å². The van der Waals surface area contributed by atoms with Crippen LogP contribution in [0.2, 0.25) is 0 Å². The first kappa shape index (κ1) is 20.1. The zero-order valence-corrected chi connectivity index (χ0v) is 18.9. The average Bonchev–Trinajstić information content (AvgIpc) is 3.42. The molecule has 134 valence electrons. The Labute approximate surface area is 178 Å². The molecule has 5 aromatic rings. The van der Waals surface area contributed by atoms with Crippen molar-refractivity contribution in [2.24, 2.45) is 0 Å². The third-order valence-corrected chi connectivity index (χ3v) is 4.31. The number of benzene rings is 2. The fourth-order valence-electron chi connectivity index (χ4n) is 3.22. The van der Waals surface area contributed by atoms with Crippen molar-refractivity contribution in [1.29, 1.82) is 0 Å². The monoisotopic (exact) mass is 469 g/mol. The van der Waals surface area contributed by atoms with E-state index in [1.807, 2.05) is 30.3 Å². The maximum atomic E-state index is 4.93. The second-order valence-electron chi connectivity index (χ2n) is 6.06. The van der Waals surface area contributed by atoms with Gasteiger partial charge in [-0.25, -0.2) is 12.1 Å². The molecule has 0 aliphatic rings. The second-order valence-corrected chi connectivity index (χ2v) is 9.79. The number of hydrogen-bond acceptors (Lipinski definition) is 0. The number of para-hydroxylation sites is 1. The standard InChI is InChI=1S/C18H14N.C5H5.2ClH.Zr/c1-13-10-16-8-4-5-9-18(16)19(13)17-11-14-6-2-3-7-15(14)12-17;1-2-4-5-3-1;;;/h2-12H,1H3;1-5H;2*1H;/q2*-1;;;+4/p-2. The summed E-state index contributed by atoms with van der Waals surface area (Å²) in [6.45, 7) is 2.16. The maximum Gasteiger partial charge on any atom is -0.172 e. The zero-order chi connectivity index (χ0) is 19.1. The molecule has 0 saturated heterocycles. The number of hydrogen-bond donors (Lipinski definition) is 0. The summed E-state index contributed by atoms with van der Waals surface area (Å²) in [6, 6.07) is 33.8. The van der Waals surface area contributed by atoms with Crippen LogP contribution in [0.1, 0.15) is 5.69 Å². The van der Waals surface area contributed by atoms with Crippen LogP contribution < -0.4 is 0 Å². The number of halogens is 2. The number of fused-ring (bicyclic) bond motifs is 2. The van der Waals surface area contributed by atoms with Gasteiger partial charge in [0.1, 0.15) is 0 Å². The van der Waals surface area contributed by atoms with Gasteiger partial charge < -0.3 is 4.57 Å². The van der Waals surface area contributed by atoms with E-state index in [2.05, 4.69) is 78.2 Å². The first-order chi connectivity index (χ1) is 13.2. The summed E-state index contributed by atoms with van der Waals surface area (Å²) in [7, 11) is 9.87. The minimum atomic E-state index is -0.826. The molecule has 27 heavy (non-hydrogen) atoms. The van der Waals surface area contributed by atoms with E-state index >= 15 is 0 Å². The Morgan fingerprint density at radius 1 is 0.815 bits per heavy atom. The largest absolute Gasteiger partial charge is 0.214 e. The van der Waals surface area contributed by atoms with Crippen molar-refractivity contribution in [3.8, 4) is 5.69 Å². The van der Waals surface area contributed by atoms with E-state index in [0.717, 1.165) is 0 Å². The molecule has 4 aromatic carbocycles. The molecule has 0 bridgehead atoms. The Balaban J connectivity index is 0.000000222. The summed E-state index contributed by atoms with van der Waals surface area (Å²) in [5.74, 6) is 0. The molecule has 0 unspecified atom stereocenters. The van der Waals surface area contributed by atoms with Crippen molar-refractivity contribution >= 4 is 38.7 Å². The van der Waals surface area contributed by atoms with Gasteiger partial charge in [-0.1, -0.05) is 24.3 Å². The average molecular weight is 472 g/mol. The van der Waals surface area contributed by atoms with Gasteiger partial charge in [0.25, 0.3) is 0 Å². The molecule has 0 atom stereocenters. The summed E-state index contributed by atoms with van der Waals surface area (Å²) in [5.41, 5.74) is 3.80. The molecule has 0 aliphatic carbocycles. The van der Waals surface area contributed by atoms with E-state index in [0.29, 0.717) is 0 Å². The Hall–Kier alpha value is -1.60. The Kier molecular flexibility index (Phi) is 7.53. The van der Waals surface area contributed by atoms with Crippen LogP contribution in [0, 0.1) is 6.92 Å². The van der Waals surface area contributed by atoms with Crippen molar-refractivity contribution in [2.45, 2.75) is 6.92 Å². The molecular weight excluding hydrogens is 452 g/mol. The van der Waals surface area contributed by atoms with E-state index < -0.39 is 20.8 Å². The van der Waals surface area contributed by atoms with E-state index in [9.17, 15) is 0 Å². The molecule has 0 N–H and O–H groups in total. The van der Waals surface area contributed by atoms with Gasteiger partial charge in [-0.05, 0) is 24.7 Å². The van der Waals surface area contributed by atoms with Crippen LogP contribution in [0.3, 0.4) is 0 Å². The zero-order valence-electron chi connectivity index (χ0n) is 14.9. The molecule has 1 nitrogen and oxygen atoms in total. The van der Waals surface area contributed by atoms with Gasteiger partial charge in [-0.15, -0.1) is 41.1 Å². The van der Waals surface area contributed by atoms with Gasteiger partial charge in [0.05, 0.1) is 5.52 Å². The number of aromatic nitrogens is 1. The number of aryl methyl sites for hydroxylation is 1. The maximum absolute atomic E-state index is 4.93. The number of nitrogens with zero attached hydrogens (tertiary/aromatic N) is 1. The van der Waals surface area contributed by atoms with Crippen molar-refractivity contribution in [3.63, 3.8) is 0 Å². The fourth-order valence-corrected chi connectivity index (χ4v) is 3.22. The van der Waals surface area contributed by atoms with Gasteiger partial charge in [0, 0.05) is 11.1 Å². The minimum Gasteiger partial charge on any atom is -0.214 e. The SMILES string of the molecule is Cc1cc2ccccc2n1-c1cc2ccccc2[cH-]1.[Cl][Zr+2][Cl].c1cc[cH-]c1. The van der Waals surface area contributed by atoms with E-state index in [4.69, 9.17) is 17.0 Å². The first-order valence-electron chi connectivity index (χ1n) is 8.60. The first-order valence-corrected chi connectivity index (χ1v) is 14.9. The molecule has 0 aliphatic heterocycles. The molecule has 0 fully saturated rings. The molecule has 4 heteroatoms. The third-order valence-electron chi connectivity index (χ3n) is 4.31. The molecule has 0 amide bonds. The fraction of sp³-hybridized carbons (Fsp3) is 0.0435. The normalized spacial score (nSPS) is 9.89. The Bertz CT molecular complexity index is 1040. The van der Waals surface area contributed by atoms with Crippen LogP contribution in [0.25, 0.3) is 27.4 Å². The molecule has 0 saturated carbocycles. The van der Waals surface area contributed by atoms with Crippen LogP contribution in [-0.2, 0) is 20.8 Å². The summed E-state index contributed by atoms with van der Waals surface area (Å²) in [5, 5.41) is 3.90. The molecule has 0 radical (unpaired) electrons. The Morgan fingerprint density at radius 3 is 2.07 bits per heavy atom. The van der Waals surface area contributed by atoms with E-state index in [1.54, 1.807) is 0 Å².